The number of pyridine rings is 1. The van der Waals surface area contributed by atoms with Crippen LogP contribution in [-0.2, 0) is 4.74 Å². The first-order valence-corrected chi connectivity index (χ1v) is 6.52. The van der Waals surface area contributed by atoms with Crippen molar-refractivity contribution in [2.75, 3.05) is 25.0 Å². The number of rotatable bonds is 7. The first-order chi connectivity index (χ1) is 9.54. The van der Waals surface area contributed by atoms with Gasteiger partial charge >= 0.3 is 6.09 Å². The highest BCUT2D eigenvalue weighted by atomic mass is 35.5. The number of nitrogens with zero attached hydrogens (tertiary/aromatic N) is 1. The molecule has 0 fully saturated rings. The van der Waals surface area contributed by atoms with Crippen LogP contribution in [0.15, 0.2) is 12.3 Å². The third-order valence-corrected chi connectivity index (χ3v) is 2.59. The topological polar surface area (TPSA) is 106 Å². The first-order valence-electron chi connectivity index (χ1n) is 6.14. The van der Waals surface area contributed by atoms with E-state index in [2.05, 4.69) is 20.4 Å². The number of amides is 2. The summed E-state index contributed by atoms with van der Waals surface area (Å²) in [7, 11) is 0. The SMILES string of the molecule is CCCNc1cc(C(=O)NCCOC(N)=O)c(Cl)cn1. The summed E-state index contributed by atoms with van der Waals surface area (Å²) in [5, 5.41) is 5.88. The van der Waals surface area contributed by atoms with Gasteiger partial charge in [-0.15, -0.1) is 0 Å². The van der Waals surface area contributed by atoms with Crippen molar-refractivity contribution >= 4 is 29.4 Å². The van der Waals surface area contributed by atoms with Crippen molar-refractivity contribution < 1.29 is 14.3 Å². The Kier molecular flexibility index (Phi) is 6.58. The van der Waals surface area contributed by atoms with Crippen molar-refractivity contribution in [1.29, 1.82) is 0 Å². The van der Waals surface area contributed by atoms with E-state index in [1.807, 2.05) is 6.92 Å². The molecule has 0 radical (unpaired) electrons. The van der Waals surface area contributed by atoms with Crippen LogP contribution in [0, 0.1) is 0 Å². The molecule has 0 atom stereocenters. The number of anilines is 1. The van der Waals surface area contributed by atoms with Gasteiger partial charge in [0.25, 0.3) is 5.91 Å². The summed E-state index contributed by atoms with van der Waals surface area (Å²) in [6.07, 6.45) is 1.47. The molecule has 0 aromatic carbocycles. The lowest BCUT2D eigenvalue weighted by molar-refractivity contribution is 0.0937. The standard InChI is InChI=1S/C12H17ClN4O3/c1-2-3-15-10-6-8(9(13)7-17-10)11(18)16-4-5-20-12(14)19/h6-7H,2-5H2,1H3,(H2,14,19)(H,15,17)(H,16,18). The molecule has 7 nitrogen and oxygen atoms in total. The van der Waals surface area contributed by atoms with Crippen molar-refractivity contribution in [3.63, 3.8) is 0 Å². The summed E-state index contributed by atoms with van der Waals surface area (Å²) in [5.41, 5.74) is 5.10. The molecule has 0 bridgehead atoms. The maximum Gasteiger partial charge on any atom is 0.404 e. The minimum absolute atomic E-state index is 0.00468. The van der Waals surface area contributed by atoms with Gasteiger partial charge in [0.1, 0.15) is 12.4 Å². The molecule has 0 saturated heterocycles. The van der Waals surface area contributed by atoms with E-state index < -0.39 is 6.09 Å². The van der Waals surface area contributed by atoms with Gasteiger partial charge in [0.05, 0.1) is 17.1 Å². The van der Waals surface area contributed by atoms with Crippen LogP contribution in [0.3, 0.4) is 0 Å². The van der Waals surface area contributed by atoms with Crippen molar-refractivity contribution in [2.45, 2.75) is 13.3 Å². The van der Waals surface area contributed by atoms with Crippen LogP contribution in [0.2, 0.25) is 5.02 Å². The van der Waals surface area contributed by atoms with Crippen molar-refractivity contribution in [3.05, 3.63) is 22.8 Å². The molecule has 8 heteroatoms. The second-order valence-corrected chi connectivity index (χ2v) is 4.31. The van der Waals surface area contributed by atoms with E-state index in [-0.39, 0.29) is 24.1 Å². The van der Waals surface area contributed by atoms with Gasteiger partial charge < -0.3 is 21.1 Å². The molecule has 1 aromatic heterocycles. The van der Waals surface area contributed by atoms with Crippen LogP contribution < -0.4 is 16.4 Å². The molecule has 0 spiro atoms. The largest absolute Gasteiger partial charge is 0.448 e. The van der Waals surface area contributed by atoms with Gasteiger partial charge in [-0.1, -0.05) is 18.5 Å². The molecule has 0 unspecified atom stereocenters. The number of carbonyl (C=O) groups is 2. The molecule has 0 saturated carbocycles. The highest BCUT2D eigenvalue weighted by Gasteiger charge is 2.11. The Bertz CT molecular complexity index is 482. The zero-order chi connectivity index (χ0) is 15.0. The van der Waals surface area contributed by atoms with Crippen LogP contribution in [0.4, 0.5) is 10.6 Å². The Hall–Kier alpha value is -2.02. The number of hydrogen-bond acceptors (Lipinski definition) is 5. The molecule has 4 N–H and O–H groups in total. The van der Waals surface area contributed by atoms with Crippen LogP contribution in [-0.4, -0.2) is 36.7 Å². The maximum absolute atomic E-state index is 11.9. The lowest BCUT2D eigenvalue weighted by atomic mass is 10.2. The van der Waals surface area contributed by atoms with Gasteiger partial charge in [-0.25, -0.2) is 9.78 Å². The van der Waals surface area contributed by atoms with E-state index in [1.54, 1.807) is 6.07 Å². The predicted octanol–water partition coefficient (Wildman–Crippen LogP) is 1.38. The van der Waals surface area contributed by atoms with E-state index in [9.17, 15) is 9.59 Å². The number of nitrogens with two attached hydrogens (primary N) is 1. The number of aromatic nitrogens is 1. The van der Waals surface area contributed by atoms with Crippen molar-refractivity contribution in [1.82, 2.24) is 10.3 Å². The molecular weight excluding hydrogens is 284 g/mol. The smallest absolute Gasteiger partial charge is 0.404 e. The van der Waals surface area contributed by atoms with Crippen molar-refractivity contribution in [3.8, 4) is 0 Å². The molecule has 110 valence electrons. The van der Waals surface area contributed by atoms with Crippen LogP contribution in [0.1, 0.15) is 23.7 Å². The lowest BCUT2D eigenvalue weighted by Crippen LogP contribution is -2.29. The number of carbonyl (C=O) groups excluding carboxylic acids is 2. The predicted molar refractivity (Wildman–Crippen MR) is 75.9 cm³/mol. The highest BCUT2D eigenvalue weighted by molar-refractivity contribution is 6.33. The van der Waals surface area contributed by atoms with Crippen LogP contribution in [0.25, 0.3) is 0 Å². The Balaban J connectivity index is 2.59. The highest BCUT2D eigenvalue weighted by Crippen LogP contribution is 2.17. The fourth-order valence-corrected chi connectivity index (χ4v) is 1.56. The molecule has 0 aliphatic rings. The van der Waals surface area contributed by atoms with E-state index in [0.29, 0.717) is 11.4 Å². The van der Waals surface area contributed by atoms with E-state index in [4.69, 9.17) is 17.3 Å². The average Bonchev–Trinajstić information content (AvgIpc) is 2.42. The minimum Gasteiger partial charge on any atom is -0.448 e. The van der Waals surface area contributed by atoms with E-state index >= 15 is 0 Å². The van der Waals surface area contributed by atoms with E-state index in [0.717, 1.165) is 13.0 Å². The van der Waals surface area contributed by atoms with Gasteiger partial charge in [-0.2, -0.15) is 0 Å². The molecule has 20 heavy (non-hydrogen) atoms. The van der Waals surface area contributed by atoms with Crippen molar-refractivity contribution in [2.24, 2.45) is 5.73 Å². The zero-order valence-electron chi connectivity index (χ0n) is 11.1. The Morgan fingerprint density at radius 2 is 2.20 bits per heavy atom. The molecular formula is C12H17ClN4O3. The van der Waals surface area contributed by atoms with Gasteiger partial charge in [0, 0.05) is 12.7 Å². The third-order valence-electron chi connectivity index (χ3n) is 2.29. The number of halogens is 1. The summed E-state index contributed by atoms with van der Waals surface area (Å²) >= 11 is 5.93. The molecule has 0 aliphatic heterocycles. The second kappa shape index (κ2) is 8.21. The summed E-state index contributed by atoms with van der Waals surface area (Å²) in [5.74, 6) is 0.208. The van der Waals surface area contributed by atoms with Crippen LogP contribution in [0.5, 0.6) is 0 Å². The fourth-order valence-electron chi connectivity index (χ4n) is 1.37. The summed E-state index contributed by atoms with van der Waals surface area (Å²) in [6, 6.07) is 1.57. The first kappa shape index (κ1) is 16.0. The Labute approximate surface area is 121 Å². The zero-order valence-corrected chi connectivity index (χ0v) is 11.9. The number of ether oxygens (including phenoxy) is 1. The Morgan fingerprint density at radius 1 is 1.45 bits per heavy atom. The molecule has 1 aromatic rings. The average molecular weight is 301 g/mol. The quantitative estimate of drug-likeness (QED) is 0.660. The molecule has 1 rings (SSSR count). The van der Waals surface area contributed by atoms with Gasteiger partial charge in [0.15, 0.2) is 0 Å². The minimum atomic E-state index is -0.882. The fraction of sp³-hybridized carbons (Fsp3) is 0.417. The molecule has 2 amide bonds. The lowest BCUT2D eigenvalue weighted by Gasteiger charge is -2.09. The number of primary amides is 1. The molecule has 1 heterocycles. The monoisotopic (exact) mass is 300 g/mol. The van der Waals surface area contributed by atoms with Crippen LogP contribution >= 0.6 is 11.6 Å². The summed E-state index contributed by atoms with van der Waals surface area (Å²) < 4.78 is 4.50. The van der Waals surface area contributed by atoms with E-state index in [1.165, 1.54) is 6.20 Å². The van der Waals surface area contributed by atoms with Gasteiger partial charge in [-0.3, -0.25) is 4.79 Å². The normalized spacial score (nSPS) is 9.90. The summed E-state index contributed by atoms with van der Waals surface area (Å²) in [6.45, 7) is 2.93. The van der Waals surface area contributed by atoms with Gasteiger partial charge in [0.2, 0.25) is 0 Å². The maximum atomic E-state index is 11.9. The number of nitrogens with one attached hydrogen (secondary N) is 2. The second-order valence-electron chi connectivity index (χ2n) is 3.90. The number of hydrogen-bond donors (Lipinski definition) is 3. The summed E-state index contributed by atoms with van der Waals surface area (Å²) in [4.78, 5) is 26.3. The Morgan fingerprint density at radius 3 is 2.85 bits per heavy atom. The third kappa shape index (κ3) is 5.31. The molecule has 0 aliphatic carbocycles. The van der Waals surface area contributed by atoms with Gasteiger partial charge in [-0.05, 0) is 12.5 Å².